The number of hydrogen-bond donors (Lipinski definition) is 2. The maximum absolute atomic E-state index is 12.9. The van der Waals surface area contributed by atoms with E-state index in [9.17, 15) is 4.79 Å². The van der Waals surface area contributed by atoms with Gasteiger partial charge in [0.1, 0.15) is 0 Å². The minimum atomic E-state index is 0.231. The van der Waals surface area contributed by atoms with Crippen molar-refractivity contribution in [3.8, 4) is 0 Å². The molecule has 27 heavy (non-hydrogen) atoms. The molecule has 5 aliphatic rings. The number of nitrogens with one attached hydrogen (secondary N) is 2. The highest BCUT2D eigenvalue weighted by atomic mass is 16.1. The van der Waals surface area contributed by atoms with E-state index in [1.54, 1.807) is 0 Å². The highest BCUT2D eigenvalue weighted by Gasteiger charge is 2.51. The normalized spacial score (nSPS) is 34.7. The van der Waals surface area contributed by atoms with Crippen molar-refractivity contribution in [1.29, 1.82) is 0 Å². The van der Waals surface area contributed by atoms with Crippen molar-refractivity contribution in [3.05, 3.63) is 23.8 Å². The van der Waals surface area contributed by atoms with Crippen LogP contribution < -0.4 is 15.5 Å². The number of carbonyl (C=O) groups is 1. The molecule has 0 radical (unpaired) electrons. The van der Waals surface area contributed by atoms with E-state index in [1.165, 1.54) is 49.8 Å². The lowest BCUT2D eigenvalue weighted by molar-refractivity contribution is -0.124. The van der Waals surface area contributed by atoms with Crippen molar-refractivity contribution in [2.24, 2.45) is 23.2 Å². The number of nitrogens with zero attached hydrogens (tertiary/aromatic N) is 1. The van der Waals surface area contributed by atoms with Crippen molar-refractivity contribution in [3.63, 3.8) is 0 Å². The Morgan fingerprint density at radius 1 is 1.11 bits per heavy atom. The number of hydrogen-bond acceptors (Lipinski definition) is 3. The molecule has 5 fully saturated rings. The van der Waals surface area contributed by atoms with Crippen LogP contribution in [0.1, 0.15) is 50.5 Å². The van der Waals surface area contributed by atoms with Gasteiger partial charge in [-0.05, 0) is 92.4 Å². The first-order chi connectivity index (χ1) is 13.1. The molecule has 2 N–H and O–H groups in total. The van der Waals surface area contributed by atoms with Crippen LogP contribution in [0.3, 0.4) is 0 Å². The van der Waals surface area contributed by atoms with Crippen LogP contribution in [0.2, 0.25) is 0 Å². The van der Waals surface area contributed by atoms with Gasteiger partial charge in [-0.2, -0.15) is 0 Å². The molecule has 1 aliphatic heterocycles. The molecule has 4 aliphatic carbocycles. The van der Waals surface area contributed by atoms with E-state index in [2.05, 4.69) is 40.7 Å². The molecule has 146 valence electrons. The Balaban J connectivity index is 1.24. The molecule has 0 aromatic heterocycles. The Morgan fingerprint density at radius 3 is 2.33 bits per heavy atom. The largest absolute Gasteiger partial charge is 0.369 e. The highest BCUT2D eigenvalue weighted by molar-refractivity contribution is 5.92. The standard InChI is InChI=1S/C23H33N3O/c1-16-8-20(26-6-4-24-5-7-26)2-3-21(16)25-22(27)15-23-12-17-9-18(13-23)11-19(10-17)14-23/h2-3,8,17-19,24H,4-7,9-15H2,1H3,(H,25,27). The van der Waals surface area contributed by atoms with E-state index in [0.29, 0.717) is 5.41 Å². The summed E-state index contributed by atoms with van der Waals surface area (Å²) in [6, 6.07) is 6.49. The van der Waals surface area contributed by atoms with Gasteiger partial charge in [0.15, 0.2) is 0 Å². The van der Waals surface area contributed by atoms with Crippen LogP contribution in [0.5, 0.6) is 0 Å². The number of rotatable bonds is 4. The summed E-state index contributed by atoms with van der Waals surface area (Å²) in [7, 11) is 0. The summed E-state index contributed by atoms with van der Waals surface area (Å²) >= 11 is 0. The van der Waals surface area contributed by atoms with Crippen LogP contribution in [0.15, 0.2) is 18.2 Å². The van der Waals surface area contributed by atoms with Crippen LogP contribution in [0, 0.1) is 30.1 Å². The van der Waals surface area contributed by atoms with Gasteiger partial charge in [-0.25, -0.2) is 0 Å². The average Bonchev–Trinajstić information content (AvgIpc) is 2.62. The number of carbonyl (C=O) groups excluding carboxylic acids is 1. The lowest BCUT2D eigenvalue weighted by atomic mass is 9.49. The molecular formula is C23H33N3O. The van der Waals surface area contributed by atoms with Crippen LogP contribution in [0.4, 0.5) is 11.4 Å². The monoisotopic (exact) mass is 367 g/mol. The molecule has 1 aromatic carbocycles. The summed E-state index contributed by atoms with van der Waals surface area (Å²) < 4.78 is 0. The Labute approximate surface area is 163 Å². The zero-order valence-electron chi connectivity index (χ0n) is 16.6. The van der Waals surface area contributed by atoms with Gasteiger partial charge in [0.25, 0.3) is 0 Å². The summed E-state index contributed by atoms with van der Waals surface area (Å²) in [6.45, 7) is 6.31. The molecule has 1 aromatic rings. The molecule has 0 spiro atoms. The highest BCUT2D eigenvalue weighted by Crippen LogP contribution is 2.61. The van der Waals surface area contributed by atoms with E-state index in [-0.39, 0.29) is 5.91 Å². The molecule has 1 heterocycles. The predicted molar refractivity (Wildman–Crippen MR) is 110 cm³/mol. The number of piperazine rings is 1. The van der Waals surface area contributed by atoms with E-state index < -0.39 is 0 Å². The molecule has 4 bridgehead atoms. The maximum Gasteiger partial charge on any atom is 0.224 e. The van der Waals surface area contributed by atoms with E-state index in [4.69, 9.17) is 0 Å². The molecule has 6 rings (SSSR count). The SMILES string of the molecule is Cc1cc(N2CCNCC2)ccc1NC(=O)CC12CC3CC(CC(C3)C1)C2. The number of amides is 1. The second-order valence-corrected chi connectivity index (χ2v) is 9.88. The Bertz CT molecular complexity index is 687. The Kier molecular flexibility index (Phi) is 4.42. The van der Waals surface area contributed by atoms with Gasteiger partial charge in [-0.1, -0.05) is 0 Å². The molecule has 4 saturated carbocycles. The Hall–Kier alpha value is -1.55. The molecule has 1 amide bonds. The van der Waals surface area contributed by atoms with Crippen LogP contribution >= 0.6 is 0 Å². The van der Waals surface area contributed by atoms with Gasteiger partial charge >= 0.3 is 0 Å². The van der Waals surface area contributed by atoms with Gasteiger partial charge in [0.05, 0.1) is 0 Å². The summed E-state index contributed by atoms with van der Waals surface area (Å²) in [6.07, 6.45) is 8.94. The molecule has 4 nitrogen and oxygen atoms in total. The zero-order valence-corrected chi connectivity index (χ0v) is 16.6. The van der Waals surface area contributed by atoms with E-state index in [0.717, 1.165) is 56.0 Å². The van der Waals surface area contributed by atoms with Gasteiger partial charge in [0.2, 0.25) is 5.91 Å². The van der Waals surface area contributed by atoms with Crippen LogP contribution in [0.25, 0.3) is 0 Å². The van der Waals surface area contributed by atoms with Gasteiger partial charge in [0, 0.05) is 44.0 Å². The third-order valence-corrected chi connectivity index (χ3v) is 7.67. The number of aryl methyl sites for hydroxylation is 1. The molecule has 0 unspecified atom stereocenters. The first kappa shape index (κ1) is 17.5. The van der Waals surface area contributed by atoms with Crippen LogP contribution in [-0.2, 0) is 4.79 Å². The molecule has 4 heteroatoms. The summed E-state index contributed by atoms with van der Waals surface area (Å²) in [4.78, 5) is 15.3. The fourth-order valence-electron chi connectivity index (χ4n) is 6.95. The second-order valence-electron chi connectivity index (χ2n) is 9.88. The molecule has 0 atom stereocenters. The van der Waals surface area contributed by atoms with E-state index in [1.807, 2.05) is 0 Å². The molecule has 1 saturated heterocycles. The third kappa shape index (κ3) is 3.49. The average molecular weight is 368 g/mol. The number of benzene rings is 1. The van der Waals surface area contributed by atoms with Crippen molar-refractivity contribution in [1.82, 2.24) is 5.32 Å². The van der Waals surface area contributed by atoms with Gasteiger partial charge in [-0.3, -0.25) is 4.79 Å². The topological polar surface area (TPSA) is 44.4 Å². The van der Waals surface area contributed by atoms with Gasteiger partial charge in [-0.15, -0.1) is 0 Å². The van der Waals surface area contributed by atoms with Crippen molar-refractivity contribution in [2.75, 3.05) is 36.4 Å². The van der Waals surface area contributed by atoms with Crippen molar-refractivity contribution < 1.29 is 4.79 Å². The smallest absolute Gasteiger partial charge is 0.224 e. The summed E-state index contributed by atoms with van der Waals surface area (Å²) in [5, 5.41) is 6.65. The first-order valence-corrected chi connectivity index (χ1v) is 10.9. The van der Waals surface area contributed by atoms with E-state index >= 15 is 0 Å². The summed E-state index contributed by atoms with van der Waals surface area (Å²) in [5.74, 6) is 2.95. The Morgan fingerprint density at radius 2 is 1.74 bits per heavy atom. The van der Waals surface area contributed by atoms with Gasteiger partial charge < -0.3 is 15.5 Å². The van der Waals surface area contributed by atoms with Crippen molar-refractivity contribution in [2.45, 2.75) is 51.9 Å². The third-order valence-electron chi connectivity index (χ3n) is 7.67. The fourth-order valence-corrected chi connectivity index (χ4v) is 6.95. The predicted octanol–water partition coefficient (Wildman–Crippen LogP) is 3.95. The lowest BCUT2D eigenvalue weighted by Gasteiger charge is -2.56. The molecular weight excluding hydrogens is 334 g/mol. The second kappa shape index (κ2) is 6.80. The van der Waals surface area contributed by atoms with Crippen LogP contribution in [-0.4, -0.2) is 32.1 Å². The fraction of sp³-hybridized carbons (Fsp3) is 0.696. The maximum atomic E-state index is 12.9. The number of anilines is 2. The van der Waals surface area contributed by atoms with Crippen molar-refractivity contribution >= 4 is 17.3 Å². The minimum absolute atomic E-state index is 0.231. The lowest BCUT2D eigenvalue weighted by Crippen LogP contribution is -2.47. The first-order valence-electron chi connectivity index (χ1n) is 10.9. The minimum Gasteiger partial charge on any atom is -0.369 e. The zero-order chi connectivity index (χ0) is 18.4. The summed E-state index contributed by atoms with van der Waals surface area (Å²) in [5.41, 5.74) is 3.75. The quantitative estimate of drug-likeness (QED) is 0.847.